The molecular weight excluding hydrogens is 349 g/mol. The van der Waals surface area contributed by atoms with Crippen LogP contribution in [0.15, 0.2) is 59.5 Å². The average Bonchev–Trinajstić information content (AvgIpc) is 2.86. The van der Waals surface area contributed by atoms with E-state index in [4.69, 9.17) is 9.31 Å². The van der Waals surface area contributed by atoms with Gasteiger partial charge in [-0.15, -0.1) is 0 Å². The minimum Gasteiger partial charge on any atom is -0.399 e. The molecule has 3 rings (SSSR count). The second-order valence-corrected chi connectivity index (χ2v) is 8.89. The lowest BCUT2D eigenvalue weighted by molar-refractivity contribution is -0.0118. The van der Waals surface area contributed by atoms with Gasteiger partial charge in [0, 0.05) is 5.69 Å². The summed E-state index contributed by atoms with van der Waals surface area (Å²) >= 11 is 0. The van der Waals surface area contributed by atoms with Gasteiger partial charge in [0.2, 0.25) is 0 Å². The molecule has 0 aromatic heterocycles. The first kappa shape index (κ1) is 19.0. The monoisotopic (exact) mass is 373 g/mol. The number of sulfonamides is 1. The van der Waals surface area contributed by atoms with Crippen LogP contribution in [0, 0.1) is 0 Å². The molecular formula is C19H24BNO4S. The first-order valence-electron chi connectivity index (χ1n) is 8.70. The zero-order valence-corrected chi connectivity index (χ0v) is 16.3. The molecule has 1 unspecified atom stereocenters. The summed E-state index contributed by atoms with van der Waals surface area (Å²) in [7, 11) is -4.06. The first-order valence-corrected chi connectivity index (χ1v) is 10.2. The number of hydrogen-bond donors (Lipinski definition) is 1. The Morgan fingerprint density at radius 1 is 0.962 bits per heavy atom. The zero-order chi connectivity index (χ0) is 19.0. The third kappa shape index (κ3) is 3.52. The molecule has 1 N–H and O–H groups in total. The summed E-state index contributed by atoms with van der Waals surface area (Å²) < 4.78 is 39.6. The van der Waals surface area contributed by atoms with Crippen LogP contribution in [-0.4, -0.2) is 26.7 Å². The third-order valence-corrected chi connectivity index (χ3v) is 6.60. The highest BCUT2D eigenvalue weighted by Crippen LogP contribution is 2.39. The van der Waals surface area contributed by atoms with Crippen molar-refractivity contribution in [1.82, 2.24) is 0 Å². The van der Waals surface area contributed by atoms with Crippen LogP contribution in [0.4, 0.5) is 5.69 Å². The van der Waals surface area contributed by atoms with Crippen molar-refractivity contribution < 1.29 is 17.7 Å². The van der Waals surface area contributed by atoms with E-state index in [1.54, 1.807) is 42.5 Å². The molecule has 0 bridgehead atoms. The number of anilines is 1. The summed E-state index contributed by atoms with van der Waals surface area (Å²) in [6, 6.07) is 15.4. The molecule has 1 atom stereocenters. The second kappa shape index (κ2) is 6.72. The lowest BCUT2D eigenvalue weighted by atomic mass is 9.79. The largest absolute Gasteiger partial charge is 0.494 e. The summed E-state index contributed by atoms with van der Waals surface area (Å²) in [6.45, 7) is 8.18. The van der Waals surface area contributed by atoms with Crippen molar-refractivity contribution in [2.45, 2.75) is 50.2 Å². The standard InChI is InChI=1S/C19H24BNO4S/c1-5-19(4)18(2,3)24-20(25-19)15-11-13-16(14-12-15)21-26(22,23)17-9-7-6-8-10-17/h6-14,21H,5H2,1-4H3. The van der Waals surface area contributed by atoms with Crippen LogP contribution in [0.25, 0.3) is 0 Å². The van der Waals surface area contributed by atoms with E-state index in [2.05, 4.69) is 18.6 Å². The van der Waals surface area contributed by atoms with Gasteiger partial charge in [-0.1, -0.05) is 37.3 Å². The fourth-order valence-corrected chi connectivity index (χ4v) is 4.04. The fraction of sp³-hybridized carbons (Fsp3) is 0.368. The highest BCUT2D eigenvalue weighted by molar-refractivity contribution is 7.92. The molecule has 1 saturated heterocycles. The summed E-state index contributed by atoms with van der Waals surface area (Å²) in [6.07, 6.45) is 0.839. The third-order valence-electron chi connectivity index (χ3n) is 5.21. The molecule has 5 nitrogen and oxygen atoms in total. The molecule has 2 aromatic rings. The van der Waals surface area contributed by atoms with Crippen molar-refractivity contribution in [2.75, 3.05) is 4.72 Å². The molecule has 1 heterocycles. The quantitative estimate of drug-likeness (QED) is 0.818. The van der Waals surface area contributed by atoms with E-state index in [1.165, 1.54) is 0 Å². The highest BCUT2D eigenvalue weighted by Gasteiger charge is 2.53. The van der Waals surface area contributed by atoms with E-state index in [0.717, 1.165) is 11.9 Å². The number of hydrogen-bond acceptors (Lipinski definition) is 4. The number of nitrogens with one attached hydrogen (secondary N) is 1. The van der Waals surface area contributed by atoms with Gasteiger partial charge in [-0.05, 0) is 56.9 Å². The fourth-order valence-electron chi connectivity index (χ4n) is 2.96. The van der Waals surface area contributed by atoms with Crippen molar-refractivity contribution in [3.05, 3.63) is 54.6 Å². The van der Waals surface area contributed by atoms with Gasteiger partial charge in [0.1, 0.15) is 0 Å². The van der Waals surface area contributed by atoms with Gasteiger partial charge in [0.15, 0.2) is 0 Å². The predicted octanol–water partition coefficient (Wildman–Crippen LogP) is 3.18. The van der Waals surface area contributed by atoms with E-state index in [1.807, 2.05) is 26.0 Å². The Hall–Kier alpha value is -1.83. The molecule has 1 fully saturated rings. The SMILES string of the molecule is CCC1(C)OB(c2ccc(NS(=O)(=O)c3ccccc3)cc2)OC1(C)C. The average molecular weight is 373 g/mol. The van der Waals surface area contributed by atoms with E-state index < -0.39 is 22.7 Å². The van der Waals surface area contributed by atoms with Gasteiger partial charge in [0.05, 0.1) is 16.1 Å². The Balaban J connectivity index is 1.76. The first-order chi connectivity index (χ1) is 12.2. The van der Waals surface area contributed by atoms with Gasteiger partial charge in [0.25, 0.3) is 10.0 Å². The molecule has 0 aliphatic carbocycles. The number of rotatable bonds is 5. The van der Waals surface area contributed by atoms with E-state index >= 15 is 0 Å². The Labute approximate surface area is 155 Å². The van der Waals surface area contributed by atoms with E-state index in [-0.39, 0.29) is 10.5 Å². The molecule has 0 radical (unpaired) electrons. The lowest BCUT2D eigenvalue weighted by Crippen LogP contribution is -2.44. The second-order valence-electron chi connectivity index (χ2n) is 7.20. The zero-order valence-electron chi connectivity index (χ0n) is 15.5. The Morgan fingerprint density at radius 3 is 2.12 bits per heavy atom. The van der Waals surface area contributed by atoms with Crippen molar-refractivity contribution in [2.24, 2.45) is 0 Å². The van der Waals surface area contributed by atoms with Crippen LogP contribution in [0.1, 0.15) is 34.1 Å². The van der Waals surface area contributed by atoms with Gasteiger partial charge >= 0.3 is 7.12 Å². The maximum atomic E-state index is 12.4. The predicted molar refractivity (Wildman–Crippen MR) is 104 cm³/mol. The van der Waals surface area contributed by atoms with Crippen molar-refractivity contribution in [1.29, 1.82) is 0 Å². The Kier molecular flexibility index (Phi) is 4.90. The van der Waals surface area contributed by atoms with Crippen LogP contribution in [0.5, 0.6) is 0 Å². The van der Waals surface area contributed by atoms with Gasteiger partial charge < -0.3 is 9.31 Å². The van der Waals surface area contributed by atoms with Crippen molar-refractivity contribution in [3.8, 4) is 0 Å². The van der Waals surface area contributed by atoms with Crippen LogP contribution in [0.2, 0.25) is 0 Å². The van der Waals surface area contributed by atoms with Gasteiger partial charge in [-0.3, -0.25) is 4.72 Å². The minimum absolute atomic E-state index is 0.229. The highest BCUT2D eigenvalue weighted by atomic mass is 32.2. The molecule has 0 amide bonds. The molecule has 138 valence electrons. The lowest BCUT2D eigenvalue weighted by Gasteiger charge is -2.35. The van der Waals surface area contributed by atoms with Crippen molar-refractivity contribution >= 4 is 28.3 Å². The number of benzene rings is 2. The summed E-state index contributed by atoms with van der Waals surface area (Å²) in [4.78, 5) is 0.229. The maximum Gasteiger partial charge on any atom is 0.494 e. The smallest absolute Gasteiger partial charge is 0.399 e. The molecule has 2 aromatic carbocycles. The van der Waals surface area contributed by atoms with Crippen LogP contribution in [0.3, 0.4) is 0 Å². The molecule has 0 saturated carbocycles. The van der Waals surface area contributed by atoms with Gasteiger partial charge in [-0.2, -0.15) is 0 Å². The van der Waals surface area contributed by atoms with Crippen LogP contribution < -0.4 is 10.2 Å². The van der Waals surface area contributed by atoms with Gasteiger partial charge in [-0.25, -0.2) is 8.42 Å². The molecule has 0 spiro atoms. The minimum atomic E-state index is -3.60. The summed E-state index contributed by atoms with van der Waals surface area (Å²) in [5.74, 6) is 0. The summed E-state index contributed by atoms with van der Waals surface area (Å²) in [5.41, 5.74) is 0.580. The molecule has 26 heavy (non-hydrogen) atoms. The molecule has 1 aliphatic rings. The van der Waals surface area contributed by atoms with E-state index in [0.29, 0.717) is 5.69 Å². The molecule has 7 heteroatoms. The maximum absolute atomic E-state index is 12.4. The Bertz CT molecular complexity index is 868. The Morgan fingerprint density at radius 2 is 1.58 bits per heavy atom. The van der Waals surface area contributed by atoms with Crippen LogP contribution >= 0.6 is 0 Å². The molecule has 1 aliphatic heterocycles. The summed E-state index contributed by atoms with van der Waals surface area (Å²) in [5, 5.41) is 0. The van der Waals surface area contributed by atoms with Crippen LogP contribution in [-0.2, 0) is 19.3 Å². The van der Waals surface area contributed by atoms with Crippen molar-refractivity contribution in [3.63, 3.8) is 0 Å². The normalized spacial score (nSPS) is 22.4. The van der Waals surface area contributed by atoms with E-state index in [9.17, 15) is 8.42 Å². The topological polar surface area (TPSA) is 64.6 Å².